The van der Waals surface area contributed by atoms with Crippen LogP contribution in [0.25, 0.3) is 46.1 Å². The van der Waals surface area contributed by atoms with Crippen LogP contribution in [0.3, 0.4) is 0 Å². The van der Waals surface area contributed by atoms with Crippen molar-refractivity contribution in [2.24, 2.45) is 5.16 Å². The number of rotatable bonds is 16. The van der Waals surface area contributed by atoms with Gasteiger partial charge in [0.15, 0.2) is 0 Å². The number of aromatic nitrogens is 2. The SMILES string of the molecule is CCCCCCCc1ccc(NC(=O)/C=C/c2ccc(-c3[nH]c(-c4ccc(C5=NOC(C(=O)OC(C)(C)C)C5)cc4)nc3-c3ccc(/C=C/C(=O)OC(C)(C)C)cc3)cc2)cc1. The number of unbranched alkanes of at least 4 members (excludes halogenated alkanes) is 4. The molecule has 1 aliphatic rings. The van der Waals surface area contributed by atoms with Crippen LogP contribution in [0, 0.1) is 0 Å². The highest BCUT2D eigenvalue weighted by atomic mass is 16.7. The summed E-state index contributed by atoms with van der Waals surface area (Å²) in [5.41, 5.74) is 8.24. The number of aryl methyl sites for hydroxylation is 1. The molecule has 0 fully saturated rings. The molecule has 62 heavy (non-hydrogen) atoms. The molecule has 1 atom stereocenters. The molecule has 0 spiro atoms. The van der Waals surface area contributed by atoms with Gasteiger partial charge in [0.05, 0.1) is 17.1 Å². The van der Waals surface area contributed by atoms with Gasteiger partial charge in [0, 0.05) is 41.0 Å². The Morgan fingerprint density at radius 3 is 1.92 bits per heavy atom. The molecule has 0 saturated heterocycles. The Balaban J connectivity index is 1.18. The summed E-state index contributed by atoms with van der Waals surface area (Å²) in [6.07, 6.45) is 13.3. The predicted molar refractivity (Wildman–Crippen MR) is 248 cm³/mol. The summed E-state index contributed by atoms with van der Waals surface area (Å²) >= 11 is 0. The molecule has 2 N–H and O–H groups in total. The summed E-state index contributed by atoms with van der Waals surface area (Å²) in [5, 5.41) is 7.15. The van der Waals surface area contributed by atoms with Crippen molar-refractivity contribution in [1.29, 1.82) is 0 Å². The van der Waals surface area contributed by atoms with Gasteiger partial charge in [-0.25, -0.2) is 14.6 Å². The van der Waals surface area contributed by atoms with E-state index in [2.05, 4.69) is 34.5 Å². The number of benzene rings is 4. The van der Waals surface area contributed by atoms with E-state index in [0.29, 0.717) is 18.0 Å². The smallest absolute Gasteiger partial charge is 0.351 e. The molecule has 5 aromatic rings. The van der Waals surface area contributed by atoms with Gasteiger partial charge in [-0.05, 0) is 101 Å². The van der Waals surface area contributed by atoms with Crippen molar-refractivity contribution in [1.82, 2.24) is 9.97 Å². The number of hydrogen-bond acceptors (Lipinski definition) is 8. The lowest BCUT2D eigenvalue weighted by Gasteiger charge is -2.20. The van der Waals surface area contributed by atoms with Gasteiger partial charge in [0.1, 0.15) is 17.0 Å². The number of oxime groups is 1. The number of hydrogen-bond donors (Lipinski definition) is 2. The Morgan fingerprint density at radius 2 is 1.29 bits per heavy atom. The lowest BCUT2D eigenvalue weighted by molar-refractivity contribution is -0.166. The van der Waals surface area contributed by atoms with E-state index < -0.39 is 29.2 Å². The van der Waals surface area contributed by atoms with Gasteiger partial charge in [-0.15, -0.1) is 0 Å². The maximum absolute atomic E-state index is 12.8. The van der Waals surface area contributed by atoms with E-state index in [1.165, 1.54) is 43.7 Å². The second-order valence-electron chi connectivity index (χ2n) is 17.6. The summed E-state index contributed by atoms with van der Waals surface area (Å²) in [4.78, 5) is 51.8. The van der Waals surface area contributed by atoms with Crippen LogP contribution in [0.1, 0.15) is 109 Å². The van der Waals surface area contributed by atoms with Crippen molar-refractivity contribution in [3.8, 4) is 33.9 Å². The van der Waals surface area contributed by atoms with Gasteiger partial charge in [-0.1, -0.05) is 123 Å². The second kappa shape index (κ2) is 20.3. The van der Waals surface area contributed by atoms with E-state index in [-0.39, 0.29) is 5.91 Å². The Hall–Kier alpha value is -6.55. The third kappa shape index (κ3) is 13.2. The van der Waals surface area contributed by atoms with Crippen LogP contribution in [-0.4, -0.2) is 50.8 Å². The predicted octanol–water partition coefficient (Wildman–Crippen LogP) is 11.8. The molecule has 0 bridgehead atoms. The number of ether oxygens (including phenoxy) is 2. The zero-order valence-electron chi connectivity index (χ0n) is 36.9. The molecule has 1 aliphatic heterocycles. The molecular formula is C52H58N4O6. The number of anilines is 1. The first kappa shape index (κ1) is 45.0. The number of aromatic amines is 1. The largest absolute Gasteiger partial charge is 0.457 e. The summed E-state index contributed by atoms with van der Waals surface area (Å²) in [7, 11) is 0. The topological polar surface area (TPSA) is 132 Å². The maximum atomic E-state index is 12.8. The number of imidazole rings is 1. The van der Waals surface area contributed by atoms with Crippen molar-refractivity contribution in [3.63, 3.8) is 0 Å². The van der Waals surface area contributed by atoms with Crippen molar-refractivity contribution in [2.75, 3.05) is 5.32 Å². The molecule has 1 amide bonds. The third-order valence-corrected chi connectivity index (χ3v) is 9.95. The number of esters is 2. The molecule has 0 saturated carbocycles. The molecule has 6 rings (SSSR count). The lowest BCUT2D eigenvalue weighted by Crippen LogP contribution is -2.32. The van der Waals surface area contributed by atoms with E-state index in [1.807, 2.05) is 126 Å². The molecule has 1 unspecified atom stereocenters. The molecule has 10 nitrogen and oxygen atoms in total. The number of carbonyl (C=O) groups is 3. The van der Waals surface area contributed by atoms with Gasteiger partial charge >= 0.3 is 11.9 Å². The van der Waals surface area contributed by atoms with Gasteiger partial charge in [-0.3, -0.25) is 4.79 Å². The molecule has 2 heterocycles. The molecule has 0 aliphatic carbocycles. The second-order valence-corrected chi connectivity index (χ2v) is 17.6. The zero-order valence-corrected chi connectivity index (χ0v) is 36.9. The summed E-state index contributed by atoms with van der Waals surface area (Å²) in [5.74, 6) is -0.389. The highest BCUT2D eigenvalue weighted by molar-refractivity contribution is 6.04. The fourth-order valence-corrected chi connectivity index (χ4v) is 6.85. The number of carbonyl (C=O) groups excluding carboxylic acids is 3. The van der Waals surface area contributed by atoms with Crippen LogP contribution in [0.2, 0.25) is 0 Å². The Kier molecular flexibility index (Phi) is 14.8. The summed E-state index contributed by atoms with van der Waals surface area (Å²) in [6.45, 7) is 13.2. The van der Waals surface area contributed by atoms with Crippen LogP contribution < -0.4 is 5.32 Å². The zero-order chi connectivity index (χ0) is 44.3. The van der Waals surface area contributed by atoms with Crippen molar-refractivity contribution in [2.45, 2.75) is 111 Å². The Morgan fingerprint density at radius 1 is 0.710 bits per heavy atom. The van der Waals surface area contributed by atoms with Crippen molar-refractivity contribution in [3.05, 3.63) is 131 Å². The number of amides is 1. The highest BCUT2D eigenvalue weighted by Gasteiger charge is 2.33. The minimum atomic E-state index is -0.783. The number of nitrogens with one attached hydrogen (secondary N) is 2. The normalized spacial score (nSPS) is 14.2. The van der Waals surface area contributed by atoms with Crippen LogP contribution in [0.4, 0.5) is 5.69 Å². The quantitative estimate of drug-likeness (QED) is 0.0574. The van der Waals surface area contributed by atoms with E-state index in [0.717, 1.165) is 56.9 Å². The molecular weight excluding hydrogens is 777 g/mol. The third-order valence-electron chi connectivity index (χ3n) is 9.95. The molecule has 0 radical (unpaired) electrons. The van der Waals surface area contributed by atoms with Gasteiger partial charge in [0.2, 0.25) is 12.0 Å². The number of H-pyrrole nitrogens is 1. The van der Waals surface area contributed by atoms with Gasteiger partial charge < -0.3 is 24.6 Å². The van der Waals surface area contributed by atoms with E-state index in [4.69, 9.17) is 19.3 Å². The van der Waals surface area contributed by atoms with E-state index in [9.17, 15) is 14.4 Å². The Bertz CT molecular complexity index is 2390. The van der Waals surface area contributed by atoms with Gasteiger partial charge in [0.25, 0.3) is 0 Å². The first-order chi connectivity index (χ1) is 29.6. The monoisotopic (exact) mass is 834 g/mol. The van der Waals surface area contributed by atoms with Crippen LogP contribution in [0.15, 0.2) is 114 Å². The Labute approximate surface area is 365 Å². The fraction of sp³-hybridized carbons (Fsp3) is 0.327. The lowest BCUT2D eigenvalue weighted by atomic mass is 10.0. The standard InChI is InChI=1S/C52H58N4O6/c1-8-9-10-11-12-13-35-18-30-42(31-19-35)53-45(57)32-20-36-14-22-39(23-15-36)47-48(40-24-16-37(17-25-40)21-33-46(58)60-51(2,3)4)55-49(54-47)41-28-26-38(27-29-41)43-34-44(62-56-43)50(59)61-52(5,6)7/h14-33,44H,8-13,34H2,1-7H3,(H,53,57)(H,54,55)/b32-20+,33-21+. The average molecular weight is 835 g/mol. The fourth-order valence-electron chi connectivity index (χ4n) is 6.85. The van der Waals surface area contributed by atoms with Crippen LogP contribution >= 0.6 is 0 Å². The van der Waals surface area contributed by atoms with E-state index in [1.54, 1.807) is 18.2 Å². The minimum absolute atomic E-state index is 0.201. The molecule has 1 aromatic heterocycles. The van der Waals surface area contributed by atoms with Crippen LogP contribution in [0.5, 0.6) is 0 Å². The average Bonchev–Trinajstić information content (AvgIpc) is 3.92. The first-order valence-electron chi connectivity index (χ1n) is 21.5. The highest BCUT2D eigenvalue weighted by Crippen LogP contribution is 2.34. The minimum Gasteiger partial charge on any atom is -0.457 e. The van der Waals surface area contributed by atoms with Crippen molar-refractivity contribution >= 4 is 41.4 Å². The molecule has 4 aromatic carbocycles. The van der Waals surface area contributed by atoms with Gasteiger partial charge in [-0.2, -0.15) is 0 Å². The first-order valence-corrected chi connectivity index (χ1v) is 21.5. The molecule has 322 valence electrons. The summed E-state index contributed by atoms with van der Waals surface area (Å²) in [6, 6.07) is 31.6. The number of nitrogens with zero attached hydrogens (tertiary/aromatic N) is 2. The molecule has 10 heteroatoms. The van der Waals surface area contributed by atoms with E-state index >= 15 is 0 Å². The summed E-state index contributed by atoms with van der Waals surface area (Å²) < 4.78 is 10.9. The van der Waals surface area contributed by atoms with Crippen LogP contribution in [-0.2, 0) is 35.1 Å². The van der Waals surface area contributed by atoms with Crippen molar-refractivity contribution < 1.29 is 28.7 Å². The maximum Gasteiger partial charge on any atom is 0.351 e.